The van der Waals surface area contributed by atoms with Crippen LogP contribution in [0, 0.1) is 0 Å². The van der Waals surface area contributed by atoms with Gasteiger partial charge < -0.3 is 18.7 Å². The van der Waals surface area contributed by atoms with Crippen LogP contribution in [0.1, 0.15) is 94.9 Å². The first-order valence-electron chi connectivity index (χ1n) is 16.2. The summed E-state index contributed by atoms with van der Waals surface area (Å²) in [6, 6.07) is 21.7. The summed E-state index contributed by atoms with van der Waals surface area (Å²) in [7, 11) is -4.68. The highest BCUT2D eigenvalue weighted by atomic mass is 28.4. The van der Waals surface area contributed by atoms with E-state index in [1.165, 1.54) is 10.4 Å². The summed E-state index contributed by atoms with van der Waals surface area (Å²) >= 11 is 0. The van der Waals surface area contributed by atoms with Gasteiger partial charge in [-0.3, -0.25) is 0 Å². The zero-order valence-electron chi connectivity index (χ0n) is 28.0. The Morgan fingerprint density at radius 2 is 1.33 bits per heavy atom. The van der Waals surface area contributed by atoms with Crippen LogP contribution in [0.3, 0.4) is 0 Å². The van der Waals surface area contributed by atoms with Gasteiger partial charge in [0.15, 0.2) is 0 Å². The maximum atomic E-state index is 10.0. The molecule has 1 heterocycles. The Bertz CT molecular complexity index is 1040. The molecule has 1 N–H and O–H groups in total. The van der Waals surface area contributed by atoms with Crippen LogP contribution >= 0.6 is 0 Å². The minimum atomic E-state index is -2.61. The fourth-order valence-electron chi connectivity index (χ4n) is 7.36. The molecule has 6 heteroatoms. The van der Waals surface area contributed by atoms with Gasteiger partial charge in [0.25, 0.3) is 8.32 Å². The lowest BCUT2D eigenvalue weighted by Gasteiger charge is -2.46. The standard InChI is InChI=1S/C36H58O4Si2/c1-27(2)41(28(3)4,29(5)6)40-33-25-31(22-21-30(7)37)39-32(26-33)23-24-38-42(36(8,9)10,34-17-13-11-14-18-34)35-19-15-12-16-20-35/h11-20,25,27-30,32-33,37H,21-24,26H2,1-10H3/t30-,32+,33-/m0/s1. The number of rotatable bonds is 14. The van der Waals surface area contributed by atoms with Gasteiger partial charge in [-0.2, -0.15) is 0 Å². The normalized spacial score (nSPS) is 19.2. The van der Waals surface area contributed by atoms with Gasteiger partial charge in [-0.25, -0.2) is 0 Å². The van der Waals surface area contributed by atoms with Crippen LogP contribution in [0.25, 0.3) is 0 Å². The van der Waals surface area contributed by atoms with Crippen LogP contribution in [0.15, 0.2) is 72.5 Å². The minimum Gasteiger partial charge on any atom is -0.495 e. The van der Waals surface area contributed by atoms with Gasteiger partial charge in [0.05, 0.1) is 18.0 Å². The number of ether oxygens (including phenoxy) is 1. The summed E-state index contributed by atoms with van der Waals surface area (Å²) in [5.41, 5.74) is 1.56. The molecule has 1 aliphatic heterocycles. The first-order valence-corrected chi connectivity index (χ1v) is 20.3. The molecule has 4 nitrogen and oxygen atoms in total. The van der Waals surface area contributed by atoms with E-state index < -0.39 is 16.6 Å². The first kappa shape index (κ1) is 34.8. The Kier molecular flexibility index (Phi) is 12.3. The molecule has 2 aromatic carbocycles. The minimum absolute atomic E-state index is 0.0143. The number of hydrogen-bond acceptors (Lipinski definition) is 4. The highest BCUT2D eigenvalue weighted by Crippen LogP contribution is 2.44. The smallest absolute Gasteiger partial charge is 0.261 e. The molecular weight excluding hydrogens is 553 g/mol. The van der Waals surface area contributed by atoms with Gasteiger partial charge in [-0.15, -0.1) is 0 Å². The average molecular weight is 611 g/mol. The van der Waals surface area contributed by atoms with Gasteiger partial charge >= 0.3 is 0 Å². The van der Waals surface area contributed by atoms with Crippen LogP contribution < -0.4 is 10.4 Å². The predicted molar refractivity (Wildman–Crippen MR) is 183 cm³/mol. The molecule has 42 heavy (non-hydrogen) atoms. The lowest BCUT2D eigenvalue weighted by atomic mass is 10.0. The van der Waals surface area contributed by atoms with Crippen molar-refractivity contribution in [3.8, 4) is 0 Å². The molecule has 0 aliphatic carbocycles. The van der Waals surface area contributed by atoms with Gasteiger partial charge in [-0.1, -0.05) is 123 Å². The summed E-state index contributed by atoms with van der Waals surface area (Å²) in [4.78, 5) is 0. The van der Waals surface area contributed by atoms with Crippen LogP contribution in [0.5, 0.6) is 0 Å². The molecule has 0 saturated heterocycles. The lowest BCUT2D eigenvalue weighted by Crippen LogP contribution is -2.66. The molecule has 0 amide bonds. The quantitative estimate of drug-likeness (QED) is 0.218. The molecule has 0 spiro atoms. The van der Waals surface area contributed by atoms with Gasteiger partial charge in [-0.05, 0) is 51.5 Å². The summed E-state index contributed by atoms with van der Waals surface area (Å²) in [6.07, 6.45) is 4.95. The highest BCUT2D eigenvalue weighted by molar-refractivity contribution is 6.99. The third-order valence-corrected chi connectivity index (χ3v) is 20.4. The van der Waals surface area contributed by atoms with Crippen molar-refractivity contribution in [2.24, 2.45) is 0 Å². The zero-order valence-corrected chi connectivity index (χ0v) is 30.0. The number of allylic oxidation sites excluding steroid dienone is 1. The zero-order chi connectivity index (χ0) is 31.1. The Morgan fingerprint density at radius 1 is 0.833 bits per heavy atom. The van der Waals surface area contributed by atoms with Crippen molar-refractivity contribution in [3.63, 3.8) is 0 Å². The molecule has 3 atom stereocenters. The molecular formula is C36H58O4Si2. The van der Waals surface area contributed by atoms with Crippen molar-refractivity contribution in [1.29, 1.82) is 0 Å². The van der Waals surface area contributed by atoms with E-state index >= 15 is 0 Å². The van der Waals surface area contributed by atoms with E-state index in [1.54, 1.807) is 0 Å². The SMILES string of the molecule is CC(C)[Si](O[C@H]1C=C(CC[C@H](C)O)O[C@H](CCO[Si](c2ccccc2)(c2ccccc2)C(C)(C)C)C1)(C(C)C)C(C)C. The van der Waals surface area contributed by atoms with Crippen molar-refractivity contribution < 1.29 is 18.7 Å². The number of aliphatic hydroxyl groups is 1. The average Bonchev–Trinajstić information content (AvgIpc) is 2.92. The van der Waals surface area contributed by atoms with E-state index in [1.807, 2.05) is 6.92 Å². The van der Waals surface area contributed by atoms with Crippen LogP contribution in [0.4, 0.5) is 0 Å². The van der Waals surface area contributed by atoms with E-state index in [9.17, 15) is 5.11 Å². The highest BCUT2D eigenvalue weighted by Gasteiger charge is 2.50. The number of hydrogen-bond donors (Lipinski definition) is 1. The number of benzene rings is 2. The molecule has 0 saturated carbocycles. The Balaban J connectivity index is 1.89. The summed E-state index contributed by atoms with van der Waals surface area (Å²) in [6.45, 7) is 23.5. The molecule has 3 rings (SSSR count). The second kappa shape index (κ2) is 14.8. The number of aliphatic hydroxyl groups excluding tert-OH is 1. The van der Waals surface area contributed by atoms with Gasteiger partial charge in [0.2, 0.25) is 8.32 Å². The molecule has 2 aromatic rings. The summed E-state index contributed by atoms with van der Waals surface area (Å²) < 4.78 is 21.1. The second-order valence-electron chi connectivity index (χ2n) is 14.3. The fourth-order valence-corrected chi connectivity index (χ4v) is 17.4. The molecule has 0 unspecified atom stereocenters. The van der Waals surface area contributed by atoms with E-state index in [0.717, 1.165) is 25.0 Å². The third kappa shape index (κ3) is 7.86. The van der Waals surface area contributed by atoms with Crippen molar-refractivity contribution >= 4 is 27.0 Å². The molecule has 0 fully saturated rings. The fraction of sp³-hybridized carbons (Fsp3) is 0.611. The molecule has 0 bridgehead atoms. The summed E-state index contributed by atoms with van der Waals surface area (Å²) in [5, 5.41) is 12.6. The van der Waals surface area contributed by atoms with Crippen molar-refractivity contribution in [1.82, 2.24) is 0 Å². The molecule has 1 aliphatic rings. The van der Waals surface area contributed by atoms with Crippen molar-refractivity contribution in [2.75, 3.05) is 6.61 Å². The van der Waals surface area contributed by atoms with E-state index in [4.69, 9.17) is 13.6 Å². The predicted octanol–water partition coefficient (Wildman–Crippen LogP) is 8.35. The Hall–Kier alpha value is -1.71. The van der Waals surface area contributed by atoms with E-state index in [-0.39, 0.29) is 23.4 Å². The molecule has 0 aromatic heterocycles. The van der Waals surface area contributed by atoms with Crippen molar-refractivity contribution in [3.05, 3.63) is 72.5 Å². The van der Waals surface area contributed by atoms with E-state index in [2.05, 4.69) is 129 Å². The molecule has 234 valence electrons. The lowest BCUT2D eigenvalue weighted by molar-refractivity contribution is 0.0258. The van der Waals surface area contributed by atoms with Crippen LogP contribution in [-0.2, 0) is 13.6 Å². The molecule has 0 radical (unpaired) electrons. The Labute approximate surface area is 259 Å². The maximum Gasteiger partial charge on any atom is 0.261 e. The topological polar surface area (TPSA) is 47.9 Å². The van der Waals surface area contributed by atoms with Gasteiger partial charge in [0.1, 0.15) is 6.10 Å². The maximum absolute atomic E-state index is 10.0. The van der Waals surface area contributed by atoms with E-state index in [0.29, 0.717) is 29.7 Å². The van der Waals surface area contributed by atoms with Crippen molar-refractivity contribution in [2.45, 2.75) is 135 Å². The second-order valence-corrected chi connectivity index (χ2v) is 24.0. The largest absolute Gasteiger partial charge is 0.495 e. The van der Waals surface area contributed by atoms with Gasteiger partial charge in [0, 0.05) is 25.9 Å². The Morgan fingerprint density at radius 3 is 1.76 bits per heavy atom. The third-order valence-electron chi connectivity index (χ3n) is 9.23. The van der Waals surface area contributed by atoms with Crippen LogP contribution in [0.2, 0.25) is 21.7 Å². The monoisotopic (exact) mass is 610 g/mol. The van der Waals surface area contributed by atoms with Crippen LogP contribution in [-0.4, -0.2) is 46.7 Å². The first-order chi connectivity index (χ1) is 19.7. The summed E-state index contributed by atoms with van der Waals surface area (Å²) in [5.74, 6) is 0.960.